The molecule has 0 spiro atoms. The number of anilines is 2. The van der Waals surface area contributed by atoms with Crippen LogP contribution in [0.15, 0.2) is 59.8 Å². The summed E-state index contributed by atoms with van der Waals surface area (Å²) in [7, 11) is -4.28. The SMILES string of the molecule is CC(C)(C)C#Cc1ccc2c(n1)N1C[C@@H](CC[C@@H](c3ccccn3)Nc3cccc(n3)S(=O)(=O)NC2=O)CC1(C)C. The predicted octanol–water partition coefficient (Wildman–Crippen LogP) is 4.94. The Labute approximate surface area is 242 Å². The van der Waals surface area contributed by atoms with Crippen molar-refractivity contribution in [3.8, 4) is 11.8 Å². The number of hydrogen-bond donors (Lipinski definition) is 2. The minimum Gasteiger partial charge on any atom is -0.362 e. The van der Waals surface area contributed by atoms with Crippen LogP contribution in [0.3, 0.4) is 0 Å². The standard InChI is InChI=1S/C31H36N6O3S/c1-30(2,3)17-16-22-13-14-23-28(33-22)37-20-21(19-31(37,4)5)12-15-25(24-9-6-7-18-32-24)34-26-10-8-11-27(35-26)41(39,40)36-29(23)38/h6-11,13-14,18,21,25H,12,15,19-20H2,1-5H3,(H,34,35)(H,36,38)/t21-,25-/m0/s1. The summed E-state index contributed by atoms with van der Waals surface area (Å²) in [6, 6.07) is 13.6. The smallest absolute Gasteiger partial charge is 0.281 e. The van der Waals surface area contributed by atoms with Crippen molar-refractivity contribution < 1.29 is 13.2 Å². The van der Waals surface area contributed by atoms with E-state index in [1.54, 1.807) is 30.5 Å². The van der Waals surface area contributed by atoms with E-state index in [1.807, 2.05) is 39.0 Å². The molecule has 0 saturated carbocycles. The van der Waals surface area contributed by atoms with E-state index in [4.69, 9.17) is 4.98 Å². The molecule has 0 radical (unpaired) electrons. The van der Waals surface area contributed by atoms with Crippen LogP contribution in [0.1, 0.15) is 81.7 Å². The van der Waals surface area contributed by atoms with Gasteiger partial charge in [0.1, 0.15) is 17.3 Å². The molecule has 2 aliphatic rings. The fraction of sp³-hybridized carbons (Fsp3) is 0.419. The average molecular weight is 573 g/mol. The van der Waals surface area contributed by atoms with Crippen molar-refractivity contribution in [1.82, 2.24) is 19.7 Å². The van der Waals surface area contributed by atoms with Crippen molar-refractivity contribution in [2.24, 2.45) is 11.3 Å². The number of fused-ring (bicyclic) bond motifs is 6. The summed E-state index contributed by atoms with van der Waals surface area (Å²) in [4.78, 5) is 29.4. The molecule has 2 atom stereocenters. The number of pyridine rings is 3. The van der Waals surface area contributed by atoms with Crippen molar-refractivity contribution in [2.45, 2.75) is 70.5 Å². The number of nitrogens with one attached hydrogen (secondary N) is 2. The van der Waals surface area contributed by atoms with Crippen LogP contribution >= 0.6 is 0 Å². The van der Waals surface area contributed by atoms with Crippen LogP contribution in [-0.2, 0) is 10.0 Å². The molecule has 0 aliphatic carbocycles. The third-order valence-corrected chi connectivity index (χ3v) is 8.59. The van der Waals surface area contributed by atoms with Crippen LogP contribution in [0, 0.1) is 23.2 Å². The molecule has 2 N–H and O–H groups in total. The predicted molar refractivity (Wildman–Crippen MR) is 159 cm³/mol. The van der Waals surface area contributed by atoms with E-state index in [9.17, 15) is 13.2 Å². The second kappa shape index (κ2) is 10.8. The number of amides is 1. The fourth-order valence-corrected chi connectivity index (χ4v) is 6.37. The van der Waals surface area contributed by atoms with Gasteiger partial charge in [0.2, 0.25) is 0 Å². The maximum Gasteiger partial charge on any atom is 0.281 e. The van der Waals surface area contributed by atoms with Crippen molar-refractivity contribution in [3.63, 3.8) is 0 Å². The lowest BCUT2D eigenvalue weighted by Crippen LogP contribution is -2.41. The van der Waals surface area contributed by atoms with E-state index in [0.717, 1.165) is 25.0 Å². The van der Waals surface area contributed by atoms with Gasteiger partial charge in [-0.25, -0.2) is 14.7 Å². The van der Waals surface area contributed by atoms with Gasteiger partial charge in [-0.15, -0.1) is 0 Å². The van der Waals surface area contributed by atoms with Gasteiger partial charge in [-0.3, -0.25) is 9.78 Å². The quantitative estimate of drug-likeness (QED) is 0.394. The maximum absolute atomic E-state index is 13.6. The number of nitrogens with zero attached hydrogens (tertiary/aromatic N) is 4. The zero-order valence-electron chi connectivity index (χ0n) is 24.1. The van der Waals surface area contributed by atoms with Crippen LogP contribution in [-0.4, -0.2) is 41.4 Å². The molecule has 1 saturated heterocycles. The van der Waals surface area contributed by atoms with Crippen molar-refractivity contribution in [3.05, 3.63) is 71.7 Å². The van der Waals surface area contributed by atoms with Gasteiger partial charge in [-0.2, -0.15) is 8.42 Å². The first-order valence-corrected chi connectivity index (χ1v) is 15.3. The lowest BCUT2D eigenvalue weighted by Gasteiger charge is -2.33. The molecule has 0 unspecified atom stereocenters. The maximum atomic E-state index is 13.6. The van der Waals surface area contributed by atoms with Gasteiger partial charge in [0.05, 0.1) is 17.3 Å². The van der Waals surface area contributed by atoms with Crippen molar-refractivity contribution in [1.29, 1.82) is 0 Å². The molecule has 10 heteroatoms. The monoisotopic (exact) mass is 572 g/mol. The normalized spacial score (nSPS) is 21.7. The van der Waals surface area contributed by atoms with E-state index in [2.05, 4.69) is 50.6 Å². The average Bonchev–Trinajstić information content (AvgIpc) is 3.23. The Balaban J connectivity index is 1.62. The van der Waals surface area contributed by atoms with Crippen LogP contribution < -0.4 is 14.9 Å². The number of sulfonamides is 1. The molecule has 5 rings (SSSR count). The zero-order chi connectivity index (χ0) is 29.4. The molecule has 0 aromatic carbocycles. The summed E-state index contributed by atoms with van der Waals surface area (Å²) in [6.07, 6.45) is 4.28. The van der Waals surface area contributed by atoms with Gasteiger partial charge < -0.3 is 10.2 Å². The third kappa shape index (κ3) is 6.51. The highest BCUT2D eigenvalue weighted by Crippen LogP contribution is 2.40. The van der Waals surface area contributed by atoms with Gasteiger partial charge in [0.15, 0.2) is 5.03 Å². The summed E-state index contributed by atoms with van der Waals surface area (Å²) in [5, 5.41) is 3.14. The Kier molecular flexibility index (Phi) is 7.51. The Morgan fingerprint density at radius 3 is 2.56 bits per heavy atom. The zero-order valence-corrected chi connectivity index (χ0v) is 24.9. The molecule has 1 amide bonds. The lowest BCUT2D eigenvalue weighted by molar-refractivity contribution is 0.0981. The molecule has 214 valence electrons. The molecular weight excluding hydrogens is 536 g/mol. The summed E-state index contributed by atoms with van der Waals surface area (Å²) in [5.41, 5.74) is 1.01. The topological polar surface area (TPSA) is 117 Å². The van der Waals surface area contributed by atoms with Crippen molar-refractivity contribution in [2.75, 3.05) is 16.8 Å². The second-order valence-corrected chi connectivity index (χ2v) is 14.0. The van der Waals surface area contributed by atoms with E-state index >= 15 is 0 Å². The van der Waals surface area contributed by atoms with E-state index in [0.29, 0.717) is 29.8 Å². The molecule has 3 aromatic heterocycles. The van der Waals surface area contributed by atoms with Crippen LogP contribution in [0.25, 0.3) is 0 Å². The highest BCUT2D eigenvalue weighted by atomic mass is 32.2. The Bertz CT molecular complexity index is 1620. The first-order chi connectivity index (χ1) is 19.3. The lowest BCUT2D eigenvalue weighted by atomic mass is 9.91. The van der Waals surface area contributed by atoms with Gasteiger partial charge in [0.25, 0.3) is 15.9 Å². The largest absolute Gasteiger partial charge is 0.362 e. The minimum atomic E-state index is -4.28. The molecule has 1 fully saturated rings. The van der Waals surface area contributed by atoms with Gasteiger partial charge in [-0.05, 0) is 102 Å². The summed E-state index contributed by atoms with van der Waals surface area (Å²) in [5.74, 6) is 6.71. The highest BCUT2D eigenvalue weighted by Gasteiger charge is 2.41. The van der Waals surface area contributed by atoms with Gasteiger partial charge in [-0.1, -0.05) is 18.1 Å². The second-order valence-electron chi connectivity index (χ2n) is 12.4. The van der Waals surface area contributed by atoms with Crippen molar-refractivity contribution >= 4 is 27.6 Å². The van der Waals surface area contributed by atoms with E-state index < -0.39 is 15.9 Å². The molecule has 9 nitrogen and oxygen atoms in total. The first kappa shape index (κ1) is 28.6. The molecule has 5 heterocycles. The number of rotatable bonds is 1. The Morgan fingerprint density at radius 2 is 1.83 bits per heavy atom. The van der Waals surface area contributed by atoms with E-state index in [-0.39, 0.29) is 27.6 Å². The summed E-state index contributed by atoms with van der Waals surface area (Å²) in [6.45, 7) is 11.0. The molecular formula is C31H36N6O3S. The molecule has 3 aromatic rings. The Hall–Kier alpha value is -3.97. The van der Waals surface area contributed by atoms with Gasteiger partial charge in [0, 0.05) is 23.7 Å². The molecule has 2 aliphatic heterocycles. The number of carbonyl (C=O) groups excluding carboxylic acids is 1. The first-order valence-electron chi connectivity index (χ1n) is 13.8. The third-order valence-electron chi connectivity index (χ3n) is 7.36. The molecule has 41 heavy (non-hydrogen) atoms. The van der Waals surface area contributed by atoms with Crippen LogP contribution in [0.4, 0.5) is 11.6 Å². The Morgan fingerprint density at radius 1 is 1.02 bits per heavy atom. The number of carbonyl (C=O) groups is 1. The summed E-state index contributed by atoms with van der Waals surface area (Å²) < 4.78 is 28.9. The molecule has 4 bridgehead atoms. The number of hydrogen-bond acceptors (Lipinski definition) is 8. The van der Waals surface area contributed by atoms with Crippen LogP contribution in [0.2, 0.25) is 0 Å². The fourth-order valence-electron chi connectivity index (χ4n) is 5.44. The summed E-state index contributed by atoms with van der Waals surface area (Å²) >= 11 is 0. The van der Waals surface area contributed by atoms with Crippen LogP contribution in [0.5, 0.6) is 0 Å². The van der Waals surface area contributed by atoms with Gasteiger partial charge >= 0.3 is 0 Å². The van der Waals surface area contributed by atoms with E-state index in [1.165, 1.54) is 6.07 Å². The highest BCUT2D eigenvalue weighted by molar-refractivity contribution is 7.90. The number of aromatic nitrogens is 3. The minimum absolute atomic E-state index is 0.178.